The van der Waals surface area contributed by atoms with E-state index in [1.165, 1.54) is 0 Å². The van der Waals surface area contributed by atoms with Crippen molar-refractivity contribution in [1.82, 2.24) is 24.0 Å². The fourth-order valence-corrected chi connectivity index (χ4v) is 3.67. The summed E-state index contributed by atoms with van der Waals surface area (Å²) >= 11 is 0. The van der Waals surface area contributed by atoms with Gasteiger partial charge in [-0.15, -0.1) is 0 Å². The van der Waals surface area contributed by atoms with E-state index in [0.717, 1.165) is 5.56 Å². The second kappa shape index (κ2) is 7.75. The molecule has 4 rings (SSSR count). The van der Waals surface area contributed by atoms with Crippen molar-refractivity contribution in [3.05, 3.63) is 72.8 Å². The molecule has 7 nitrogen and oxygen atoms in total. The molecule has 2 aromatic heterocycles. The van der Waals surface area contributed by atoms with Gasteiger partial charge in [0.15, 0.2) is 0 Å². The molecule has 1 saturated heterocycles. The number of imidazole rings is 2. The molecule has 1 N–H and O–H groups in total. The minimum absolute atomic E-state index is 0.0148. The lowest BCUT2D eigenvalue weighted by Crippen LogP contribution is -2.32. The smallest absolute Gasteiger partial charge is 0.253 e. The summed E-state index contributed by atoms with van der Waals surface area (Å²) in [6.07, 6.45) is 11.5. The van der Waals surface area contributed by atoms with Crippen molar-refractivity contribution in [2.75, 3.05) is 13.1 Å². The van der Waals surface area contributed by atoms with Crippen LogP contribution >= 0.6 is 0 Å². The van der Waals surface area contributed by atoms with Crippen molar-refractivity contribution >= 4 is 5.91 Å². The number of aliphatic hydroxyl groups is 1. The van der Waals surface area contributed by atoms with Gasteiger partial charge in [0.05, 0.1) is 24.8 Å². The van der Waals surface area contributed by atoms with E-state index in [2.05, 4.69) is 9.97 Å². The Kier molecular flexibility index (Phi) is 5.02. The van der Waals surface area contributed by atoms with E-state index in [9.17, 15) is 9.90 Å². The molecule has 1 fully saturated rings. The zero-order valence-corrected chi connectivity index (χ0v) is 15.1. The third kappa shape index (κ3) is 3.93. The number of amides is 1. The topological polar surface area (TPSA) is 76.2 Å². The first-order chi connectivity index (χ1) is 13.2. The Labute approximate surface area is 157 Å². The predicted octanol–water partition coefficient (Wildman–Crippen LogP) is 1.97. The van der Waals surface area contributed by atoms with Gasteiger partial charge in [-0.3, -0.25) is 4.79 Å². The number of hydrogen-bond donors (Lipinski definition) is 1. The second-order valence-electron chi connectivity index (χ2n) is 6.95. The Bertz CT molecular complexity index is 876. The zero-order valence-electron chi connectivity index (χ0n) is 15.1. The Morgan fingerprint density at radius 2 is 1.93 bits per heavy atom. The lowest BCUT2D eigenvalue weighted by molar-refractivity contribution is 0.0751. The summed E-state index contributed by atoms with van der Waals surface area (Å²) in [4.78, 5) is 23.0. The van der Waals surface area contributed by atoms with Gasteiger partial charge in [-0.1, -0.05) is 12.1 Å². The molecule has 0 unspecified atom stereocenters. The molecule has 1 aliphatic heterocycles. The van der Waals surface area contributed by atoms with Crippen molar-refractivity contribution < 1.29 is 9.90 Å². The molecule has 0 aliphatic carbocycles. The maximum Gasteiger partial charge on any atom is 0.253 e. The zero-order chi connectivity index (χ0) is 18.6. The van der Waals surface area contributed by atoms with E-state index in [1.54, 1.807) is 25.0 Å². The highest BCUT2D eigenvalue weighted by Crippen LogP contribution is 2.24. The predicted molar refractivity (Wildman–Crippen MR) is 100 cm³/mol. The molecule has 27 heavy (non-hydrogen) atoms. The van der Waals surface area contributed by atoms with Crippen molar-refractivity contribution in [1.29, 1.82) is 0 Å². The minimum atomic E-state index is -0.482. The molecular weight excluding hydrogens is 342 g/mol. The van der Waals surface area contributed by atoms with Crippen LogP contribution in [0, 0.1) is 0 Å². The maximum atomic E-state index is 13.0. The van der Waals surface area contributed by atoms with E-state index >= 15 is 0 Å². The normalized spacial score (nSPS) is 20.4. The Morgan fingerprint density at radius 3 is 2.70 bits per heavy atom. The van der Waals surface area contributed by atoms with Crippen LogP contribution in [0.2, 0.25) is 0 Å². The second-order valence-corrected chi connectivity index (χ2v) is 6.95. The average molecular weight is 365 g/mol. The molecule has 3 heterocycles. The number of hydrogen-bond acceptors (Lipinski definition) is 4. The maximum absolute atomic E-state index is 13.0. The third-order valence-electron chi connectivity index (χ3n) is 5.13. The highest BCUT2D eigenvalue weighted by atomic mass is 16.3. The molecule has 0 bridgehead atoms. The first-order valence-corrected chi connectivity index (χ1v) is 9.20. The summed E-state index contributed by atoms with van der Waals surface area (Å²) in [5.74, 6) is 0.0148. The largest absolute Gasteiger partial charge is 0.391 e. The van der Waals surface area contributed by atoms with Crippen LogP contribution in [0.3, 0.4) is 0 Å². The molecule has 1 aromatic carbocycles. The summed E-state index contributed by atoms with van der Waals surface area (Å²) in [6.45, 7) is 1.85. The third-order valence-corrected chi connectivity index (χ3v) is 5.13. The number of aromatic nitrogens is 4. The van der Waals surface area contributed by atoms with Gasteiger partial charge >= 0.3 is 0 Å². The van der Waals surface area contributed by atoms with Gasteiger partial charge in [0, 0.05) is 50.0 Å². The Morgan fingerprint density at radius 1 is 1.11 bits per heavy atom. The molecule has 0 spiro atoms. The molecule has 7 heteroatoms. The average Bonchev–Trinajstić information content (AvgIpc) is 3.35. The lowest BCUT2D eigenvalue weighted by Gasteiger charge is -2.21. The van der Waals surface area contributed by atoms with Crippen molar-refractivity contribution in [3.8, 4) is 0 Å². The Balaban J connectivity index is 1.46. The number of carbonyl (C=O) groups excluding carboxylic acids is 1. The summed E-state index contributed by atoms with van der Waals surface area (Å²) < 4.78 is 3.91. The van der Waals surface area contributed by atoms with Crippen LogP contribution in [-0.2, 0) is 6.54 Å². The van der Waals surface area contributed by atoms with Crippen molar-refractivity contribution in [2.45, 2.75) is 31.5 Å². The van der Waals surface area contributed by atoms with Gasteiger partial charge < -0.3 is 19.1 Å². The molecule has 2 atom stereocenters. The summed E-state index contributed by atoms with van der Waals surface area (Å²) in [6, 6.07) is 7.68. The van der Waals surface area contributed by atoms with Gasteiger partial charge in [-0.05, 0) is 30.5 Å². The molecule has 140 valence electrons. The fourth-order valence-electron chi connectivity index (χ4n) is 3.67. The van der Waals surface area contributed by atoms with Gasteiger partial charge in [-0.25, -0.2) is 9.97 Å². The van der Waals surface area contributed by atoms with Gasteiger partial charge in [0.2, 0.25) is 0 Å². The van der Waals surface area contributed by atoms with Crippen LogP contribution in [0.1, 0.15) is 34.8 Å². The SMILES string of the molecule is O=C(c1cccc(Cn2ccnc2)c1)N1CC[C@H](O)[C@@H](n2ccnc2)CC1. The van der Waals surface area contributed by atoms with Crippen LogP contribution in [0.25, 0.3) is 0 Å². The van der Waals surface area contributed by atoms with Gasteiger partial charge in [0.25, 0.3) is 5.91 Å². The molecule has 3 aromatic rings. The summed E-state index contributed by atoms with van der Waals surface area (Å²) in [7, 11) is 0. The number of benzene rings is 1. The highest BCUT2D eigenvalue weighted by Gasteiger charge is 2.28. The first-order valence-electron chi connectivity index (χ1n) is 9.20. The lowest BCUT2D eigenvalue weighted by atomic mass is 10.1. The summed E-state index contributed by atoms with van der Waals surface area (Å²) in [5, 5.41) is 10.5. The van der Waals surface area contributed by atoms with E-state index in [1.807, 2.05) is 50.7 Å². The van der Waals surface area contributed by atoms with Crippen LogP contribution < -0.4 is 0 Å². The minimum Gasteiger partial charge on any atom is -0.391 e. The van der Waals surface area contributed by atoms with Gasteiger partial charge in [-0.2, -0.15) is 0 Å². The number of nitrogens with zero attached hydrogens (tertiary/aromatic N) is 5. The van der Waals surface area contributed by atoms with Crippen LogP contribution in [0.15, 0.2) is 61.7 Å². The van der Waals surface area contributed by atoms with E-state index in [0.29, 0.717) is 38.0 Å². The number of carbonyl (C=O) groups is 1. The fraction of sp³-hybridized carbons (Fsp3) is 0.350. The molecular formula is C20H23N5O2. The van der Waals surface area contributed by atoms with Crippen molar-refractivity contribution in [3.63, 3.8) is 0 Å². The quantitative estimate of drug-likeness (QED) is 0.767. The van der Waals surface area contributed by atoms with E-state index in [-0.39, 0.29) is 11.9 Å². The monoisotopic (exact) mass is 365 g/mol. The van der Waals surface area contributed by atoms with Crippen LogP contribution in [0.4, 0.5) is 0 Å². The summed E-state index contributed by atoms with van der Waals surface area (Å²) in [5.41, 5.74) is 1.74. The number of rotatable bonds is 4. The highest BCUT2D eigenvalue weighted by molar-refractivity contribution is 5.94. The van der Waals surface area contributed by atoms with E-state index in [4.69, 9.17) is 0 Å². The molecule has 1 amide bonds. The van der Waals surface area contributed by atoms with Crippen LogP contribution in [0.5, 0.6) is 0 Å². The van der Waals surface area contributed by atoms with Gasteiger partial charge in [0.1, 0.15) is 0 Å². The number of likely N-dealkylation sites (tertiary alicyclic amines) is 1. The van der Waals surface area contributed by atoms with E-state index < -0.39 is 6.10 Å². The molecule has 0 radical (unpaired) electrons. The first kappa shape index (κ1) is 17.5. The number of aliphatic hydroxyl groups excluding tert-OH is 1. The molecule has 1 aliphatic rings. The standard InChI is InChI=1S/C20H23N5O2/c26-19-5-9-24(8-4-18(19)25-11-7-22-15-25)20(27)17-3-1-2-16(12-17)13-23-10-6-21-14-23/h1-3,6-7,10-12,14-15,18-19,26H,4-5,8-9,13H2/t18-,19-/m0/s1. The van der Waals surface area contributed by atoms with Crippen LogP contribution in [-0.4, -0.2) is 54.2 Å². The Hall–Kier alpha value is -2.93. The van der Waals surface area contributed by atoms with Crippen molar-refractivity contribution in [2.24, 2.45) is 0 Å². The molecule has 0 saturated carbocycles.